The van der Waals surface area contributed by atoms with E-state index in [4.69, 9.17) is 0 Å². The molecule has 2 aromatic rings. The fourth-order valence-corrected chi connectivity index (χ4v) is 3.80. The number of hydrogen-bond donors (Lipinski definition) is 1. The number of anilines is 1. The first-order valence-electron chi connectivity index (χ1n) is 7.66. The molecule has 0 saturated carbocycles. The molecule has 0 heterocycles. The quantitative estimate of drug-likeness (QED) is 0.851. The van der Waals surface area contributed by atoms with Gasteiger partial charge in [-0.25, -0.2) is 17.2 Å². The lowest BCUT2D eigenvalue weighted by Crippen LogP contribution is -2.30. The molecule has 0 unspecified atom stereocenters. The number of carbonyl (C=O) groups excluding carboxylic acids is 1. The van der Waals surface area contributed by atoms with E-state index in [0.29, 0.717) is 19.2 Å². The Bertz CT molecular complexity index is 881. The topological polar surface area (TPSA) is 66.5 Å². The number of hydrogen-bond acceptors (Lipinski definition) is 3. The van der Waals surface area contributed by atoms with E-state index in [-0.39, 0.29) is 16.1 Å². The van der Waals surface area contributed by atoms with Crippen LogP contribution in [0.25, 0.3) is 0 Å². The van der Waals surface area contributed by atoms with Crippen LogP contribution in [0.3, 0.4) is 0 Å². The van der Waals surface area contributed by atoms with Crippen molar-refractivity contribution in [3.8, 4) is 0 Å². The molecule has 2 aromatic carbocycles. The summed E-state index contributed by atoms with van der Waals surface area (Å²) < 4.78 is 52.8. The lowest BCUT2D eigenvalue weighted by molar-refractivity contribution is 0.102. The summed E-state index contributed by atoms with van der Waals surface area (Å²) in [6.07, 6.45) is 0. The van der Waals surface area contributed by atoms with E-state index in [0.717, 1.165) is 12.1 Å². The first-order valence-corrected chi connectivity index (χ1v) is 9.10. The Kier molecular flexibility index (Phi) is 5.86. The smallest absolute Gasteiger partial charge is 0.255 e. The molecule has 134 valence electrons. The molecule has 1 amide bonds. The predicted molar refractivity (Wildman–Crippen MR) is 90.9 cm³/mol. The fourth-order valence-electron chi connectivity index (χ4n) is 2.30. The van der Waals surface area contributed by atoms with Gasteiger partial charge in [-0.15, -0.1) is 0 Å². The monoisotopic (exact) mass is 368 g/mol. The molecular formula is C17H18F2N2O3S. The highest BCUT2D eigenvalue weighted by Crippen LogP contribution is 2.19. The van der Waals surface area contributed by atoms with Crippen molar-refractivity contribution in [1.82, 2.24) is 4.31 Å². The summed E-state index contributed by atoms with van der Waals surface area (Å²) in [5.41, 5.74) is -0.139. The van der Waals surface area contributed by atoms with Gasteiger partial charge in [-0.2, -0.15) is 4.31 Å². The van der Waals surface area contributed by atoms with Crippen LogP contribution in [-0.2, 0) is 10.0 Å². The van der Waals surface area contributed by atoms with Crippen LogP contribution in [0.5, 0.6) is 0 Å². The Morgan fingerprint density at radius 2 is 1.76 bits per heavy atom. The van der Waals surface area contributed by atoms with Crippen LogP contribution >= 0.6 is 0 Å². The number of nitrogens with one attached hydrogen (secondary N) is 1. The van der Waals surface area contributed by atoms with E-state index < -0.39 is 27.6 Å². The Balaban J connectivity index is 2.30. The van der Waals surface area contributed by atoms with Gasteiger partial charge < -0.3 is 5.32 Å². The highest BCUT2D eigenvalue weighted by atomic mass is 32.2. The van der Waals surface area contributed by atoms with E-state index in [1.165, 1.54) is 28.6 Å². The van der Waals surface area contributed by atoms with Crippen LogP contribution in [-0.4, -0.2) is 31.7 Å². The summed E-state index contributed by atoms with van der Waals surface area (Å²) in [6, 6.07) is 8.23. The van der Waals surface area contributed by atoms with Crippen molar-refractivity contribution in [2.24, 2.45) is 0 Å². The molecule has 0 spiro atoms. The molecule has 5 nitrogen and oxygen atoms in total. The van der Waals surface area contributed by atoms with Crippen LogP contribution in [0.1, 0.15) is 24.2 Å². The van der Waals surface area contributed by atoms with Gasteiger partial charge in [0, 0.05) is 24.7 Å². The normalized spacial score (nSPS) is 11.6. The molecule has 0 fully saturated rings. The van der Waals surface area contributed by atoms with Crippen LogP contribution in [0.2, 0.25) is 0 Å². The number of sulfonamides is 1. The van der Waals surface area contributed by atoms with E-state index in [1.54, 1.807) is 13.8 Å². The molecule has 0 aliphatic heterocycles. The van der Waals surface area contributed by atoms with E-state index in [2.05, 4.69) is 5.32 Å². The third-order valence-electron chi connectivity index (χ3n) is 3.62. The lowest BCUT2D eigenvalue weighted by atomic mass is 10.2. The third kappa shape index (κ3) is 4.21. The van der Waals surface area contributed by atoms with Crippen molar-refractivity contribution < 1.29 is 22.0 Å². The number of rotatable bonds is 6. The van der Waals surface area contributed by atoms with Crippen molar-refractivity contribution in [2.45, 2.75) is 18.7 Å². The van der Waals surface area contributed by atoms with E-state index in [1.807, 2.05) is 0 Å². The van der Waals surface area contributed by atoms with Gasteiger partial charge in [-0.3, -0.25) is 4.79 Å². The largest absolute Gasteiger partial charge is 0.319 e. The summed E-state index contributed by atoms with van der Waals surface area (Å²) in [4.78, 5) is 12.2. The lowest BCUT2D eigenvalue weighted by Gasteiger charge is -2.18. The molecule has 8 heteroatoms. The second-order valence-electron chi connectivity index (χ2n) is 5.20. The first-order chi connectivity index (χ1) is 11.8. The molecule has 0 aliphatic rings. The van der Waals surface area contributed by atoms with Gasteiger partial charge in [0.05, 0.1) is 10.6 Å². The van der Waals surface area contributed by atoms with Gasteiger partial charge >= 0.3 is 0 Å². The molecule has 0 aliphatic carbocycles. The number of carbonyl (C=O) groups is 1. The first kappa shape index (κ1) is 19.0. The highest BCUT2D eigenvalue weighted by Gasteiger charge is 2.22. The summed E-state index contributed by atoms with van der Waals surface area (Å²) in [5, 5.41) is 2.30. The zero-order chi connectivity index (χ0) is 18.6. The summed E-state index contributed by atoms with van der Waals surface area (Å²) in [6.45, 7) is 4.04. The predicted octanol–water partition coefficient (Wildman–Crippen LogP) is 3.25. The average Bonchev–Trinajstić information content (AvgIpc) is 2.58. The molecule has 0 saturated heterocycles. The fraction of sp³-hybridized carbons (Fsp3) is 0.235. The second-order valence-corrected chi connectivity index (χ2v) is 7.13. The van der Waals surface area contributed by atoms with Crippen LogP contribution in [0.15, 0.2) is 47.4 Å². The van der Waals surface area contributed by atoms with Crippen molar-refractivity contribution in [1.29, 1.82) is 0 Å². The molecular weight excluding hydrogens is 350 g/mol. The maximum absolute atomic E-state index is 13.6. The van der Waals surface area contributed by atoms with Gasteiger partial charge in [0.2, 0.25) is 10.0 Å². The average molecular weight is 368 g/mol. The minimum atomic E-state index is -3.71. The van der Waals surface area contributed by atoms with Crippen LogP contribution in [0.4, 0.5) is 14.5 Å². The number of halogens is 2. The van der Waals surface area contributed by atoms with Crippen molar-refractivity contribution in [3.05, 3.63) is 59.7 Å². The molecule has 0 atom stereocenters. The van der Waals surface area contributed by atoms with Gasteiger partial charge in [-0.05, 0) is 30.3 Å². The van der Waals surface area contributed by atoms with Gasteiger partial charge in [0.1, 0.15) is 11.6 Å². The summed E-state index contributed by atoms with van der Waals surface area (Å²) in [7, 11) is -3.71. The van der Waals surface area contributed by atoms with Gasteiger partial charge in [0.15, 0.2) is 0 Å². The third-order valence-corrected chi connectivity index (χ3v) is 5.66. The Morgan fingerprint density at radius 1 is 1.08 bits per heavy atom. The Labute approximate surface area is 145 Å². The maximum Gasteiger partial charge on any atom is 0.255 e. The highest BCUT2D eigenvalue weighted by molar-refractivity contribution is 7.89. The van der Waals surface area contributed by atoms with Crippen molar-refractivity contribution in [2.75, 3.05) is 18.4 Å². The zero-order valence-electron chi connectivity index (χ0n) is 13.8. The van der Waals surface area contributed by atoms with Gasteiger partial charge in [-0.1, -0.05) is 19.9 Å². The molecule has 2 rings (SSSR count). The van der Waals surface area contributed by atoms with E-state index >= 15 is 0 Å². The molecule has 1 N–H and O–H groups in total. The Morgan fingerprint density at radius 3 is 2.36 bits per heavy atom. The minimum absolute atomic E-state index is 0.0246. The molecule has 0 aromatic heterocycles. The minimum Gasteiger partial charge on any atom is -0.319 e. The van der Waals surface area contributed by atoms with Crippen molar-refractivity contribution >= 4 is 21.6 Å². The molecule has 0 radical (unpaired) electrons. The SMILES string of the molecule is CCN(CC)S(=O)(=O)c1cccc(C(=O)Nc2ccc(F)cc2F)c1. The number of amides is 1. The Hall–Kier alpha value is -2.32. The zero-order valence-corrected chi connectivity index (χ0v) is 14.6. The maximum atomic E-state index is 13.6. The summed E-state index contributed by atoms with van der Waals surface area (Å²) >= 11 is 0. The number of benzene rings is 2. The second kappa shape index (κ2) is 7.71. The van der Waals surface area contributed by atoms with Crippen molar-refractivity contribution in [3.63, 3.8) is 0 Å². The van der Waals surface area contributed by atoms with E-state index in [9.17, 15) is 22.0 Å². The standard InChI is InChI=1S/C17H18F2N2O3S/c1-3-21(4-2)25(23,24)14-7-5-6-12(10-14)17(22)20-16-9-8-13(18)11-15(16)19/h5-11H,3-4H2,1-2H3,(H,20,22). The molecule has 25 heavy (non-hydrogen) atoms. The van der Waals surface area contributed by atoms with Gasteiger partial charge in [0.25, 0.3) is 5.91 Å². The number of nitrogens with zero attached hydrogens (tertiary/aromatic N) is 1. The summed E-state index contributed by atoms with van der Waals surface area (Å²) in [5.74, 6) is -2.37. The van der Waals surface area contributed by atoms with Crippen LogP contribution in [0, 0.1) is 11.6 Å². The van der Waals surface area contributed by atoms with Crippen LogP contribution < -0.4 is 5.32 Å². The molecule has 0 bridgehead atoms.